The number of morpholine rings is 1. The largest absolute Gasteiger partial charge is 0.468 e. The highest BCUT2D eigenvalue weighted by Crippen LogP contribution is 2.25. The maximum atomic E-state index is 5.73. The van der Waals surface area contributed by atoms with Crippen molar-refractivity contribution < 1.29 is 9.15 Å². The smallest absolute Gasteiger partial charge is 0.191 e. The summed E-state index contributed by atoms with van der Waals surface area (Å²) in [7, 11) is 0. The van der Waals surface area contributed by atoms with Crippen LogP contribution in [-0.2, 0) is 4.74 Å². The lowest BCUT2D eigenvalue weighted by atomic mass is 10.1. The lowest BCUT2D eigenvalue weighted by molar-refractivity contribution is 0.0389. The van der Waals surface area contributed by atoms with E-state index in [0.717, 1.165) is 70.7 Å². The monoisotopic (exact) mass is 377 g/mol. The van der Waals surface area contributed by atoms with Gasteiger partial charge in [0, 0.05) is 32.7 Å². The quantitative estimate of drug-likeness (QED) is 0.531. The molecular weight excluding hydrogens is 342 g/mol. The topological polar surface area (TPSA) is 65.3 Å². The fraction of sp³-hybridized carbons (Fsp3) is 0.750. The molecule has 1 aromatic rings. The zero-order valence-electron chi connectivity index (χ0n) is 16.7. The number of hydrogen-bond acceptors (Lipinski definition) is 5. The number of rotatable bonds is 8. The number of furan rings is 1. The van der Waals surface area contributed by atoms with E-state index in [2.05, 4.69) is 33.4 Å². The lowest BCUT2D eigenvalue weighted by Gasteiger charge is -2.32. The number of likely N-dealkylation sites (tertiary alicyclic amines) is 1. The molecule has 0 amide bonds. The van der Waals surface area contributed by atoms with Crippen LogP contribution in [0, 0.1) is 0 Å². The van der Waals surface area contributed by atoms with Crippen molar-refractivity contribution in [3.63, 3.8) is 0 Å². The molecule has 3 rings (SSSR count). The van der Waals surface area contributed by atoms with Crippen molar-refractivity contribution >= 4 is 5.96 Å². The third-order valence-corrected chi connectivity index (χ3v) is 5.29. The van der Waals surface area contributed by atoms with Gasteiger partial charge in [0.25, 0.3) is 0 Å². The van der Waals surface area contributed by atoms with Crippen LogP contribution in [0.15, 0.2) is 27.8 Å². The fourth-order valence-electron chi connectivity index (χ4n) is 3.77. The summed E-state index contributed by atoms with van der Waals surface area (Å²) < 4.78 is 11.1. The standard InChI is InChI=1S/C20H35N5O2/c1-2-21-20(22-8-11-24-12-15-26-16-13-24)23-17-18(19-7-6-14-27-19)25-9-4-3-5-10-25/h6-7,14,18H,2-5,8-13,15-17H2,1H3,(H2,21,22,23). The molecule has 0 bridgehead atoms. The highest BCUT2D eigenvalue weighted by molar-refractivity contribution is 5.79. The molecule has 2 fully saturated rings. The summed E-state index contributed by atoms with van der Waals surface area (Å²) in [5.74, 6) is 1.91. The molecule has 0 spiro atoms. The third kappa shape index (κ3) is 6.52. The Labute approximate surface area is 163 Å². The summed E-state index contributed by atoms with van der Waals surface area (Å²) in [6.07, 6.45) is 5.62. The molecule has 0 radical (unpaired) electrons. The number of aliphatic imine (C=N–C) groups is 1. The van der Waals surface area contributed by atoms with Crippen LogP contribution >= 0.6 is 0 Å². The molecule has 2 aliphatic rings. The number of nitrogens with one attached hydrogen (secondary N) is 2. The minimum absolute atomic E-state index is 0.218. The molecule has 152 valence electrons. The number of piperidine rings is 1. The average molecular weight is 378 g/mol. The van der Waals surface area contributed by atoms with Crippen molar-refractivity contribution in [2.75, 3.05) is 65.6 Å². The Bertz CT molecular complexity index is 537. The van der Waals surface area contributed by atoms with Gasteiger partial charge in [0.05, 0.1) is 32.1 Å². The van der Waals surface area contributed by atoms with Gasteiger partial charge in [0.15, 0.2) is 5.96 Å². The minimum Gasteiger partial charge on any atom is -0.468 e. The molecule has 1 unspecified atom stereocenters. The minimum atomic E-state index is 0.218. The van der Waals surface area contributed by atoms with Gasteiger partial charge in [-0.15, -0.1) is 0 Å². The van der Waals surface area contributed by atoms with Crippen LogP contribution in [0.25, 0.3) is 0 Å². The lowest BCUT2D eigenvalue weighted by Crippen LogP contribution is -2.44. The predicted molar refractivity (Wildman–Crippen MR) is 108 cm³/mol. The highest BCUT2D eigenvalue weighted by Gasteiger charge is 2.24. The molecule has 1 atom stereocenters. The fourth-order valence-corrected chi connectivity index (χ4v) is 3.77. The van der Waals surface area contributed by atoms with Crippen molar-refractivity contribution in [2.24, 2.45) is 4.99 Å². The van der Waals surface area contributed by atoms with Crippen molar-refractivity contribution in [1.29, 1.82) is 0 Å². The van der Waals surface area contributed by atoms with E-state index in [0.29, 0.717) is 6.54 Å². The average Bonchev–Trinajstić information content (AvgIpc) is 3.24. The summed E-state index contributed by atoms with van der Waals surface area (Å²) in [6, 6.07) is 4.27. The number of ether oxygens (including phenoxy) is 1. The molecule has 0 aliphatic carbocycles. The Kier molecular flexibility index (Phi) is 8.45. The number of nitrogens with zero attached hydrogens (tertiary/aromatic N) is 3. The molecule has 0 saturated carbocycles. The molecule has 7 nitrogen and oxygen atoms in total. The van der Waals surface area contributed by atoms with Crippen molar-refractivity contribution in [3.05, 3.63) is 24.2 Å². The molecule has 2 N–H and O–H groups in total. The Morgan fingerprint density at radius 3 is 2.67 bits per heavy atom. The van der Waals surface area contributed by atoms with Crippen molar-refractivity contribution in [1.82, 2.24) is 20.4 Å². The van der Waals surface area contributed by atoms with E-state index in [4.69, 9.17) is 14.1 Å². The SMILES string of the molecule is CCNC(=NCC(c1ccco1)N1CCCCC1)NCCN1CCOCC1. The molecule has 0 aromatic carbocycles. The Morgan fingerprint density at radius 1 is 1.15 bits per heavy atom. The van der Waals surface area contributed by atoms with Crippen LogP contribution in [0.4, 0.5) is 0 Å². The van der Waals surface area contributed by atoms with E-state index in [1.165, 1.54) is 19.3 Å². The zero-order valence-corrected chi connectivity index (χ0v) is 16.7. The first kappa shape index (κ1) is 20.2. The van der Waals surface area contributed by atoms with Crippen LogP contribution in [0.1, 0.15) is 38.0 Å². The highest BCUT2D eigenvalue weighted by atomic mass is 16.5. The van der Waals surface area contributed by atoms with Gasteiger partial charge < -0.3 is 19.8 Å². The van der Waals surface area contributed by atoms with Gasteiger partial charge in [-0.05, 0) is 45.0 Å². The summed E-state index contributed by atoms with van der Waals surface area (Å²) in [5.41, 5.74) is 0. The van der Waals surface area contributed by atoms with E-state index < -0.39 is 0 Å². The Morgan fingerprint density at radius 2 is 1.96 bits per heavy atom. The van der Waals surface area contributed by atoms with Crippen LogP contribution in [-0.4, -0.2) is 81.3 Å². The van der Waals surface area contributed by atoms with Crippen LogP contribution in [0.2, 0.25) is 0 Å². The van der Waals surface area contributed by atoms with Crippen LogP contribution in [0.3, 0.4) is 0 Å². The van der Waals surface area contributed by atoms with Gasteiger partial charge in [0.1, 0.15) is 5.76 Å². The number of hydrogen-bond donors (Lipinski definition) is 2. The Balaban J connectivity index is 1.55. The second-order valence-electron chi connectivity index (χ2n) is 7.23. The molecule has 2 saturated heterocycles. The summed E-state index contributed by atoms with van der Waals surface area (Å²) in [6.45, 7) is 11.6. The first-order valence-electron chi connectivity index (χ1n) is 10.5. The van der Waals surface area contributed by atoms with E-state index >= 15 is 0 Å². The van der Waals surface area contributed by atoms with E-state index in [9.17, 15) is 0 Å². The first-order chi connectivity index (χ1) is 13.4. The zero-order chi connectivity index (χ0) is 18.7. The van der Waals surface area contributed by atoms with Crippen molar-refractivity contribution in [3.8, 4) is 0 Å². The van der Waals surface area contributed by atoms with E-state index in [1.54, 1.807) is 6.26 Å². The summed E-state index contributed by atoms with van der Waals surface area (Å²) in [5, 5.41) is 6.85. The summed E-state index contributed by atoms with van der Waals surface area (Å²) in [4.78, 5) is 9.82. The van der Waals surface area contributed by atoms with Crippen molar-refractivity contribution in [2.45, 2.75) is 32.2 Å². The molecule has 2 aliphatic heterocycles. The van der Waals surface area contributed by atoms with Crippen LogP contribution < -0.4 is 10.6 Å². The summed E-state index contributed by atoms with van der Waals surface area (Å²) >= 11 is 0. The van der Waals surface area contributed by atoms with E-state index in [-0.39, 0.29) is 6.04 Å². The van der Waals surface area contributed by atoms with Gasteiger partial charge in [-0.2, -0.15) is 0 Å². The maximum Gasteiger partial charge on any atom is 0.191 e. The van der Waals surface area contributed by atoms with Gasteiger partial charge >= 0.3 is 0 Å². The molecule has 7 heteroatoms. The van der Waals surface area contributed by atoms with Gasteiger partial charge in [0.2, 0.25) is 0 Å². The second-order valence-corrected chi connectivity index (χ2v) is 7.23. The Hall–Kier alpha value is -1.57. The molecule has 27 heavy (non-hydrogen) atoms. The molecule has 1 aromatic heterocycles. The van der Waals surface area contributed by atoms with Crippen LogP contribution in [0.5, 0.6) is 0 Å². The molecule has 3 heterocycles. The predicted octanol–water partition coefficient (Wildman–Crippen LogP) is 1.69. The van der Waals surface area contributed by atoms with E-state index in [1.807, 2.05) is 6.07 Å². The molecular formula is C20H35N5O2. The second kappa shape index (κ2) is 11.3. The number of guanidine groups is 1. The first-order valence-corrected chi connectivity index (χ1v) is 10.5. The van der Waals surface area contributed by atoms with Gasteiger partial charge in [-0.3, -0.25) is 14.8 Å². The van der Waals surface area contributed by atoms with Gasteiger partial charge in [-0.25, -0.2) is 0 Å². The normalized spacial score (nSPS) is 21.1. The third-order valence-electron chi connectivity index (χ3n) is 5.29. The maximum absolute atomic E-state index is 5.73. The van der Waals surface area contributed by atoms with Gasteiger partial charge in [-0.1, -0.05) is 6.42 Å².